The number of carbonyl (C=O) groups is 2. The molecule has 2 aromatic carbocycles. The van der Waals surface area contributed by atoms with Gasteiger partial charge in [0.25, 0.3) is 0 Å². The van der Waals surface area contributed by atoms with E-state index < -0.39 is 0 Å². The molecule has 1 fully saturated rings. The molecule has 1 saturated carbocycles. The zero-order valence-corrected chi connectivity index (χ0v) is 22.8. The van der Waals surface area contributed by atoms with E-state index in [1.165, 1.54) is 11.1 Å². The Morgan fingerprint density at radius 3 is 2.32 bits per heavy atom. The fourth-order valence-corrected chi connectivity index (χ4v) is 4.83. The van der Waals surface area contributed by atoms with E-state index >= 15 is 0 Å². The highest BCUT2D eigenvalue weighted by molar-refractivity contribution is 5.87. The molecule has 3 rings (SSSR count). The topological polar surface area (TPSA) is 82.6 Å². The molecule has 0 heterocycles. The standard InChI is InChI=1S/C31H44N4O2/c1-4-24(3)29(12-8-11-25-9-6-5-7-10-25)34-35-31(37)33-22-27-17-19-28(20-18-27)30(36)32-21-26-15-13-23(2)14-16-26/h5-7,9-10,13-16,24,27-28H,4,8,11-12,17-22H2,1-3H3,(H,32,36)(H2,33,35,37)/b34-29-/t24-,27?,28?/m0/s1. The maximum Gasteiger partial charge on any atom is 0.335 e. The summed E-state index contributed by atoms with van der Waals surface area (Å²) >= 11 is 0. The average molecular weight is 505 g/mol. The molecule has 2 aromatic rings. The van der Waals surface area contributed by atoms with Crippen LogP contribution >= 0.6 is 0 Å². The molecule has 0 aliphatic heterocycles. The minimum atomic E-state index is -0.248. The van der Waals surface area contributed by atoms with Crippen molar-refractivity contribution >= 4 is 17.6 Å². The number of nitrogens with one attached hydrogen (secondary N) is 3. The Hall–Kier alpha value is -3.15. The molecule has 6 heteroatoms. The summed E-state index contributed by atoms with van der Waals surface area (Å²) in [5, 5.41) is 10.5. The Labute approximate surface area is 222 Å². The number of amides is 3. The number of hydrazone groups is 1. The van der Waals surface area contributed by atoms with Crippen LogP contribution in [-0.2, 0) is 17.8 Å². The average Bonchev–Trinajstić information content (AvgIpc) is 2.93. The summed E-state index contributed by atoms with van der Waals surface area (Å²) < 4.78 is 0. The molecule has 200 valence electrons. The molecule has 6 nitrogen and oxygen atoms in total. The SMILES string of the molecule is CC[C@H](C)/C(CCCc1ccccc1)=N\NC(=O)NCC1CCC(C(=O)NCc2ccc(C)cc2)CC1. The second-order valence-corrected chi connectivity index (χ2v) is 10.5. The van der Waals surface area contributed by atoms with Crippen LogP contribution < -0.4 is 16.1 Å². The van der Waals surface area contributed by atoms with Crippen LogP contribution in [0.25, 0.3) is 0 Å². The van der Waals surface area contributed by atoms with Gasteiger partial charge in [0.2, 0.25) is 5.91 Å². The minimum absolute atomic E-state index is 0.0640. The number of rotatable bonds is 12. The van der Waals surface area contributed by atoms with Crippen LogP contribution in [0.15, 0.2) is 59.7 Å². The van der Waals surface area contributed by atoms with E-state index in [0.29, 0.717) is 24.9 Å². The van der Waals surface area contributed by atoms with Crippen molar-refractivity contribution in [3.05, 3.63) is 71.3 Å². The number of hydrogen-bond donors (Lipinski definition) is 3. The molecule has 1 aliphatic carbocycles. The first-order chi connectivity index (χ1) is 17.9. The largest absolute Gasteiger partial charge is 0.352 e. The van der Waals surface area contributed by atoms with Crippen molar-refractivity contribution in [2.45, 2.75) is 78.7 Å². The molecule has 0 bridgehead atoms. The van der Waals surface area contributed by atoms with Gasteiger partial charge in [0, 0.05) is 24.7 Å². The molecule has 0 unspecified atom stereocenters. The van der Waals surface area contributed by atoms with Gasteiger partial charge < -0.3 is 10.6 Å². The summed E-state index contributed by atoms with van der Waals surface area (Å²) in [4.78, 5) is 25.0. The van der Waals surface area contributed by atoms with Crippen LogP contribution in [0.5, 0.6) is 0 Å². The molecular weight excluding hydrogens is 460 g/mol. The predicted molar refractivity (Wildman–Crippen MR) is 151 cm³/mol. The van der Waals surface area contributed by atoms with Crippen LogP contribution in [0.1, 0.15) is 75.5 Å². The third-order valence-corrected chi connectivity index (χ3v) is 7.58. The number of urea groups is 1. The maximum absolute atomic E-state index is 12.6. The van der Waals surface area contributed by atoms with Crippen molar-refractivity contribution in [1.82, 2.24) is 16.1 Å². The van der Waals surface area contributed by atoms with Gasteiger partial charge in [-0.25, -0.2) is 10.2 Å². The summed E-state index contributed by atoms with van der Waals surface area (Å²) in [5.74, 6) is 0.942. The van der Waals surface area contributed by atoms with E-state index in [9.17, 15) is 9.59 Å². The van der Waals surface area contributed by atoms with Crippen LogP contribution in [0.4, 0.5) is 4.79 Å². The van der Waals surface area contributed by atoms with Gasteiger partial charge >= 0.3 is 6.03 Å². The smallest absolute Gasteiger partial charge is 0.335 e. The van der Waals surface area contributed by atoms with Crippen LogP contribution in [0.3, 0.4) is 0 Å². The predicted octanol–water partition coefficient (Wildman–Crippen LogP) is 6.14. The lowest BCUT2D eigenvalue weighted by Crippen LogP contribution is -2.39. The molecule has 0 saturated heterocycles. The Kier molecular flexibility index (Phi) is 11.7. The number of carbonyl (C=O) groups excluding carboxylic acids is 2. The van der Waals surface area contributed by atoms with E-state index in [1.54, 1.807) is 0 Å². The Morgan fingerprint density at radius 2 is 1.65 bits per heavy atom. The first-order valence-corrected chi connectivity index (χ1v) is 13.9. The number of nitrogens with zero attached hydrogens (tertiary/aromatic N) is 1. The van der Waals surface area contributed by atoms with Gasteiger partial charge in [0.05, 0.1) is 0 Å². The molecule has 1 atom stereocenters. The van der Waals surface area contributed by atoms with Crippen LogP contribution in [0.2, 0.25) is 0 Å². The molecule has 3 N–H and O–H groups in total. The van der Waals surface area contributed by atoms with E-state index in [0.717, 1.165) is 62.6 Å². The Bertz CT molecular complexity index is 996. The van der Waals surface area contributed by atoms with Crippen molar-refractivity contribution < 1.29 is 9.59 Å². The van der Waals surface area contributed by atoms with Crippen molar-refractivity contribution in [2.24, 2.45) is 22.9 Å². The van der Waals surface area contributed by atoms with Crippen molar-refractivity contribution in [1.29, 1.82) is 0 Å². The lowest BCUT2D eigenvalue weighted by Gasteiger charge is -2.27. The Morgan fingerprint density at radius 1 is 0.946 bits per heavy atom. The molecule has 0 aromatic heterocycles. The van der Waals surface area contributed by atoms with Gasteiger partial charge in [0.1, 0.15) is 0 Å². The fraction of sp³-hybridized carbons (Fsp3) is 0.516. The second-order valence-electron chi connectivity index (χ2n) is 10.5. The lowest BCUT2D eigenvalue weighted by atomic mass is 9.81. The zero-order chi connectivity index (χ0) is 26.5. The van der Waals surface area contributed by atoms with Crippen LogP contribution in [0, 0.1) is 24.7 Å². The second kappa shape index (κ2) is 15.2. The summed E-state index contributed by atoms with van der Waals surface area (Å²) in [6.45, 7) is 7.57. The maximum atomic E-state index is 12.6. The highest BCUT2D eigenvalue weighted by atomic mass is 16.2. The molecule has 3 amide bonds. The quantitative estimate of drug-likeness (QED) is 0.240. The first kappa shape index (κ1) is 28.4. The molecule has 37 heavy (non-hydrogen) atoms. The highest BCUT2D eigenvalue weighted by Gasteiger charge is 2.26. The minimum Gasteiger partial charge on any atom is -0.352 e. The number of hydrogen-bond acceptors (Lipinski definition) is 3. The van der Waals surface area contributed by atoms with Gasteiger partial charge in [-0.1, -0.05) is 74.0 Å². The molecule has 0 radical (unpaired) electrons. The monoisotopic (exact) mass is 504 g/mol. The third-order valence-electron chi connectivity index (χ3n) is 7.58. The van der Waals surface area contributed by atoms with Gasteiger partial charge in [-0.3, -0.25) is 4.79 Å². The van der Waals surface area contributed by atoms with E-state index in [2.05, 4.69) is 90.5 Å². The van der Waals surface area contributed by atoms with Crippen molar-refractivity contribution in [2.75, 3.05) is 6.54 Å². The highest BCUT2D eigenvalue weighted by Crippen LogP contribution is 2.28. The normalized spacial score (nSPS) is 18.6. The van der Waals surface area contributed by atoms with Crippen molar-refractivity contribution in [3.63, 3.8) is 0 Å². The molecular formula is C31H44N4O2. The number of aryl methyl sites for hydroxylation is 2. The lowest BCUT2D eigenvalue weighted by molar-refractivity contribution is -0.126. The summed E-state index contributed by atoms with van der Waals surface area (Å²) in [5.41, 5.74) is 7.44. The first-order valence-electron chi connectivity index (χ1n) is 13.9. The van der Waals surface area contributed by atoms with Crippen molar-refractivity contribution in [3.8, 4) is 0 Å². The zero-order valence-electron chi connectivity index (χ0n) is 22.8. The molecule has 0 spiro atoms. The number of benzene rings is 2. The van der Waals surface area contributed by atoms with E-state index in [4.69, 9.17) is 0 Å². The summed E-state index contributed by atoms with van der Waals surface area (Å²) in [6, 6.07) is 18.5. The van der Waals surface area contributed by atoms with Crippen LogP contribution in [-0.4, -0.2) is 24.2 Å². The fourth-order valence-electron chi connectivity index (χ4n) is 4.83. The van der Waals surface area contributed by atoms with E-state index in [-0.39, 0.29) is 17.9 Å². The van der Waals surface area contributed by atoms with E-state index in [1.807, 2.05) is 6.07 Å². The van der Waals surface area contributed by atoms with Gasteiger partial charge in [-0.05, 0) is 81.3 Å². The summed E-state index contributed by atoms with van der Waals surface area (Å²) in [6.07, 6.45) is 7.52. The van der Waals surface area contributed by atoms with Gasteiger partial charge in [-0.15, -0.1) is 0 Å². The summed E-state index contributed by atoms with van der Waals surface area (Å²) in [7, 11) is 0. The third kappa shape index (κ3) is 10.0. The Balaban J connectivity index is 1.34. The van der Waals surface area contributed by atoms with Gasteiger partial charge in [-0.2, -0.15) is 5.10 Å². The van der Waals surface area contributed by atoms with Gasteiger partial charge in [0.15, 0.2) is 0 Å². The molecule has 1 aliphatic rings.